The molecule has 0 aromatic carbocycles. The lowest BCUT2D eigenvalue weighted by Gasteiger charge is -2.01. The molecule has 0 saturated heterocycles. The molecule has 1 heteroatoms. The number of aromatic nitrogens is 1. The Labute approximate surface area is 112 Å². The smallest absolute Gasteiger partial charge is 0.0147 e. The first-order chi connectivity index (χ1) is 8.93. The van der Waals surface area contributed by atoms with Crippen LogP contribution in [0.4, 0.5) is 0 Å². The van der Waals surface area contributed by atoms with Crippen molar-refractivity contribution in [1.29, 1.82) is 0 Å². The van der Waals surface area contributed by atoms with Gasteiger partial charge in [-0.25, -0.2) is 0 Å². The highest BCUT2D eigenvalue weighted by molar-refractivity contribution is 5.03. The quantitative estimate of drug-likeness (QED) is 0.413. The van der Waals surface area contributed by atoms with Gasteiger partial charge in [0, 0.05) is 18.3 Å². The normalized spacial score (nSPS) is 10.4. The van der Waals surface area contributed by atoms with Gasteiger partial charge in [-0.3, -0.25) is 0 Å². The molecule has 100 valence electrons. The highest BCUT2D eigenvalue weighted by atomic mass is 14.7. The highest BCUT2D eigenvalue weighted by Gasteiger charge is 1.94. The Hall–Kier alpha value is -1.16. The molecule has 0 unspecified atom stereocenters. The second-order valence-electron chi connectivity index (χ2n) is 5.08. The highest BCUT2D eigenvalue weighted by Crippen LogP contribution is 2.11. The maximum Gasteiger partial charge on any atom is 0.0147 e. The maximum absolute atomic E-state index is 5.22. The van der Waals surface area contributed by atoms with Gasteiger partial charge in [0.1, 0.15) is 0 Å². The Kier molecular flexibility index (Phi) is 9.07. The van der Waals surface area contributed by atoms with Crippen LogP contribution in [0, 0.1) is 12.3 Å². The SMILES string of the molecule is C#CCCCCCCCCCCCc1ccc[nH]1. The summed E-state index contributed by atoms with van der Waals surface area (Å²) in [7, 11) is 0. The molecule has 1 nitrogen and oxygen atoms in total. The minimum Gasteiger partial charge on any atom is -0.365 e. The van der Waals surface area contributed by atoms with E-state index in [1.54, 1.807) is 0 Å². The largest absolute Gasteiger partial charge is 0.365 e. The van der Waals surface area contributed by atoms with Gasteiger partial charge in [0.25, 0.3) is 0 Å². The van der Waals surface area contributed by atoms with E-state index in [2.05, 4.69) is 23.0 Å². The van der Waals surface area contributed by atoms with Crippen LogP contribution < -0.4 is 0 Å². The Bertz CT molecular complexity index is 305. The Morgan fingerprint density at radius 2 is 1.50 bits per heavy atom. The number of hydrogen-bond donors (Lipinski definition) is 1. The Morgan fingerprint density at radius 3 is 2.06 bits per heavy atom. The summed E-state index contributed by atoms with van der Waals surface area (Å²) in [5.41, 5.74) is 1.38. The number of H-pyrrole nitrogens is 1. The van der Waals surface area contributed by atoms with Crippen LogP contribution in [0.1, 0.15) is 69.9 Å². The number of aromatic amines is 1. The first-order valence-corrected chi connectivity index (χ1v) is 7.49. The van der Waals surface area contributed by atoms with Crippen molar-refractivity contribution >= 4 is 0 Å². The van der Waals surface area contributed by atoms with E-state index in [1.807, 2.05) is 6.20 Å². The molecule has 0 aliphatic heterocycles. The van der Waals surface area contributed by atoms with E-state index in [-0.39, 0.29) is 0 Å². The molecule has 1 rings (SSSR count). The van der Waals surface area contributed by atoms with Gasteiger partial charge in [0.05, 0.1) is 0 Å². The van der Waals surface area contributed by atoms with E-state index >= 15 is 0 Å². The molecular weight excluding hydrogens is 218 g/mol. The predicted octanol–water partition coefficient (Wildman–Crippen LogP) is 5.09. The van der Waals surface area contributed by atoms with Crippen molar-refractivity contribution in [3.05, 3.63) is 24.0 Å². The summed E-state index contributed by atoms with van der Waals surface area (Å²) in [5.74, 6) is 2.70. The monoisotopic (exact) mass is 245 g/mol. The van der Waals surface area contributed by atoms with Gasteiger partial charge in [-0.05, 0) is 31.4 Å². The zero-order valence-electron chi connectivity index (χ0n) is 11.6. The van der Waals surface area contributed by atoms with Crippen LogP contribution in [0.5, 0.6) is 0 Å². The second kappa shape index (κ2) is 11.0. The summed E-state index contributed by atoms with van der Waals surface area (Å²) in [6.45, 7) is 0. The lowest BCUT2D eigenvalue weighted by Crippen LogP contribution is -1.86. The van der Waals surface area contributed by atoms with Gasteiger partial charge >= 0.3 is 0 Å². The van der Waals surface area contributed by atoms with Crippen LogP contribution in [-0.2, 0) is 6.42 Å². The van der Waals surface area contributed by atoms with Crippen molar-refractivity contribution in [1.82, 2.24) is 4.98 Å². The molecular formula is C17H27N. The predicted molar refractivity (Wildman–Crippen MR) is 79.5 cm³/mol. The van der Waals surface area contributed by atoms with E-state index in [0.29, 0.717) is 0 Å². The molecule has 0 fully saturated rings. The summed E-state index contributed by atoms with van der Waals surface area (Å²) < 4.78 is 0. The molecule has 0 aliphatic rings. The zero-order chi connectivity index (χ0) is 12.9. The van der Waals surface area contributed by atoms with Crippen molar-refractivity contribution in [2.24, 2.45) is 0 Å². The summed E-state index contributed by atoms with van der Waals surface area (Å²) in [6.07, 6.45) is 21.6. The summed E-state index contributed by atoms with van der Waals surface area (Å²) in [5, 5.41) is 0. The van der Waals surface area contributed by atoms with E-state index in [9.17, 15) is 0 Å². The van der Waals surface area contributed by atoms with Crippen LogP contribution in [0.25, 0.3) is 0 Å². The van der Waals surface area contributed by atoms with E-state index < -0.39 is 0 Å². The van der Waals surface area contributed by atoms with Gasteiger partial charge in [-0.15, -0.1) is 12.3 Å². The number of hydrogen-bond acceptors (Lipinski definition) is 0. The standard InChI is InChI=1S/C17H27N/c1-2-3-4-5-6-7-8-9-10-11-12-14-17-15-13-16-18-17/h1,13,15-16,18H,3-12,14H2. The van der Waals surface area contributed by atoms with Gasteiger partial charge in [-0.1, -0.05) is 44.9 Å². The zero-order valence-corrected chi connectivity index (χ0v) is 11.6. The first kappa shape index (κ1) is 14.9. The van der Waals surface area contributed by atoms with Crippen molar-refractivity contribution in [2.75, 3.05) is 0 Å². The van der Waals surface area contributed by atoms with Crippen LogP contribution in [-0.4, -0.2) is 4.98 Å². The van der Waals surface area contributed by atoms with E-state index in [0.717, 1.165) is 6.42 Å². The fourth-order valence-corrected chi connectivity index (χ4v) is 2.30. The molecule has 0 bridgehead atoms. The van der Waals surface area contributed by atoms with Gasteiger partial charge in [0.15, 0.2) is 0 Å². The molecule has 1 heterocycles. The molecule has 1 N–H and O–H groups in total. The van der Waals surface area contributed by atoms with Crippen molar-refractivity contribution in [3.63, 3.8) is 0 Å². The Balaban J connectivity index is 1.75. The average molecular weight is 245 g/mol. The summed E-state index contributed by atoms with van der Waals surface area (Å²) >= 11 is 0. The number of unbranched alkanes of at least 4 members (excludes halogenated alkanes) is 9. The molecule has 0 atom stereocenters. The molecule has 0 aliphatic carbocycles. The van der Waals surface area contributed by atoms with E-state index in [1.165, 1.54) is 69.9 Å². The molecule has 18 heavy (non-hydrogen) atoms. The molecule has 0 radical (unpaired) electrons. The number of nitrogens with one attached hydrogen (secondary N) is 1. The molecule has 0 amide bonds. The van der Waals surface area contributed by atoms with Crippen LogP contribution in [0.2, 0.25) is 0 Å². The van der Waals surface area contributed by atoms with Gasteiger partial charge < -0.3 is 4.98 Å². The first-order valence-electron chi connectivity index (χ1n) is 7.49. The summed E-state index contributed by atoms with van der Waals surface area (Å²) in [6, 6.07) is 4.26. The number of terminal acetylenes is 1. The fraction of sp³-hybridized carbons (Fsp3) is 0.647. The van der Waals surface area contributed by atoms with Crippen molar-refractivity contribution in [3.8, 4) is 12.3 Å². The van der Waals surface area contributed by atoms with Gasteiger partial charge in [-0.2, -0.15) is 0 Å². The third-order valence-electron chi connectivity index (χ3n) is 3.43. The van der Waals surface area contributed by atoms with Crippen molar-refractivity contribution < 1.29 is 0 Å². The van der Waals surface area contributed by atoms with Crippen LogP contribution >= 0.6 is 0 Å². The lowest BCUT2D eigenvalue weighted by atomic mass is 10.1. The molecule has 0 saturated carbocycles. The number of aryl methyl sites for hydroxylation is 1. The van der Waals surface area contributed by atoms with Crippen molar-refractivity contribution in [2.45, 2.75) is 70.6 Å². The third-order valence-corrected chi connectivity index (χ3v) is 3.43. The van der Waals surface area contributed by atoms with E-state index in [4.69, 9.17) is 6.42 Å². The topological polar surface area (TPSA) is 15.8 Å². The minimum atomic E-state index is 0.957. The second-order valence-corrected chi connectivity index (χ2v) is 5.08. The van der Waals surface area contributed by atoms with Crippen LogP contribution in [0.15, 0.2) is 18.3 Å². The van der Waals surface area contributed by atoms with Crippen LogP contribution in [0.3, 0.4) is 0 Å². The molecule has 1 aromatic rings. The fourth-order valence-electron chi connectivity index (χ4n) is 2.30. The maximum atomic E-state index is 5.22. The summed E-state index contributed by atoms with van der Waals surface area (Å²) in [4.78, 5) is 3.26. The molecule has 1 aromatic heterocycles. The number of rotatable bonds is 11. The Morgan fingerprint density at radius 1 is 0.889 bits per heavy atom. The minimum absolute atomic E-state index is 0.957. The lowest BCUT2D eigenvalue weighted by molar-refractivity contribution is 0.560. The average Bonchev–Trinajstić information content (AvgIpc) is 2.89. The molecule has 0 spiro atoms. The van der Waals surface area contributed by atoms with Gasteiger partial charge in [0.2, 0.25) is 0 Å². The third kappa shape index (κ3) is 8.01.